The fourth-order valence-corrected chi connectivity index (χ4v) is 0.861. The average Bonchev–Trinajstić information content (AvgIpc) is 1.91. The number of hydrogen-bond acceptors (Lipinski definition) is 2. The van der Waals surface area contributed by atoms with Crippen LogP contribution in [0, 0.1) is 0 Å². The maximum Gasteiger partial charge on any atom is 2.00 e. The molecule has 0 aliphatic heterocycles. The van der Waals surface area contributed by atoms with Crippen molar-refractivity contribution in [2.24, 2.45) is 7.05 Å². The minimum absolute atomic E-state index is 0. The molecule has 0 radical (unpaired) electrons. The van der Waals surface area contributed by atoms with Crippen LogP contribution in [0.4, 0.5) is 0 Å². The molecule has 0 unspecified atom stereocenters. The van der Waals surface area contributed by atoms with Gasteiger partial charge in [-0.3, -0.25) is 8.75 Å². The molecular formula is C4H5Cl2MgNOS. The quantitative estimate of drug-likeness (QED) is 0.391. The zero-order valence-corrected chi connectivity index (χ0v) is 9.12. The molecule has 1 heterocycles. The van der Waals surface area contributed by atoms with E-state index in [9.17, 15) is 4.79 Å². The summed E-state index contributed by atoms with van der Waals surface area (Å²) < 4.78 is 1.57. The minimum atomic E-state index is 0. The molecule has 54 valence electrons. The molecule has 0 atom stereocenters. The summed E-state index contributed by atoms with van der Waals surface area (Å²) in [4.78, 5) is 10.4. The summed E-state index contributed by atoms with van der Waals surface area (Å²) in [6.07, 6.45) is 0. The van der Waals surface area contributed by atoms with E-state index in [1.54, 1.807) is 22.5 Å². The normalized spacial score (nSPS) is 6.50. The predicted molar refractivity (Wildman–Crippen MR) is 35.3 cm³/mol. The first kappa shape index (κ1) is 17.0. The van der Waals surface area contributed by atoms with Crippen molar-refractivity contribution in [2.75, 3.05) is 0 Å². The van der Waals surface area contributed by atoms with Gasteiger partial charge in [0.25, 0.3) is 5.56 Å². The van der Waals surface area contributed by atoms with Crippen molar-refractivity contribution < 1.29 is 24.8 Å². The van der Waals surface area contributed by atoms with Gasteiger partial charge in [0.2, 0.25) is 0 Å². The fourth-order valence-electron chi connectivity index (χ4n) is 0.337. The second-order valence-electron chi connectivity index (χ2n) is 1.24. The summed E-state index contributed by atoms with van der Waals surface area (Å²) in [5, 5.41) is 1.77. The van der Waals surface area contributed by atoms with Gasteiger partial charge >= 0.3 is 23.1 Å². The van der Waals surface area contributed by atoms with Crippen molar-refractivity contribution in [1.29, 1.82) is 0 Å². The largest absolute Gasteiger partial charge is 2.00 e. The molecule has 1 rings (SSSR count). The van der Waals surface area contributed by atoms with E-state index in [1.807, 2.05) is 0 Å². The van der Waals surface area contributed by atoms with Crippen molar-refractivity contribution in [2.45, 2.75) is 0 Å². The van der Waals surface area contributed by atoms with E-state index in [-0.39, 0.29) is 53.4 Å². The molecule has 0 saturated heterocycles. The van der Waals surface area contributed by atoms with Crippen molar-refractivity contribution in [3.05, 3.63) is 21.8 Å². The molecule has 1 aromatic rings. The molecule has 1 aromatic heterocycles. The molecule has 2 nitrogen and oxygen atoms in total. The number of aromatic nitrogens is 1. The minimum Gasteiger partial charge on any atom is -1.00 e. The zero-order chi connectivity index (χ0) is 5.28. The van der Waals surface area contributed by atoms with Gasteiger partial charge in [0.05, 0.1) is 0 Å². The van der Waals surface area contributed by atoms with Crippen LogP contribution in [0.15, 0.2) is 16.2 Å². The molecule has 0 aliphatic carbocycles. The van der Waals surface area contributed by atoms with E-state index in [0.717, 1.165) is 0 Å². The monoisotopic (exact) mass is 209 g/mol. The number of rotatable bonds is 0. The molecule has 0 aromatic carbocycles. The van der Waals surface area contributed by atoms with E-state index in [1.165, 1.54) is 11.5 Å². The van der Waals surface area contributed by atoms with Gasteiger partial charge < -0.3 is 24.8 Å². The molecular weight excluding hydrogens is 205 g/mol. The standard InChI is InChI=1S/C4H5NOS.2ClH.Mg/c1-5-4(6)2-3-7-5;;;/h2-3H,1H3;2*1H;/q;;;+2/p-2. The molecule has 0 bridgehead atoms. The first-order valence-corrected chi connectivity index (χ1v) is 2.75. The summed E-state index contributed by atoms with van der Waals surface area (Å²) in [6.45, 7) is 0. The third-order valence-electron chi connectivity index (χ3n) is 0.740. The maximum absolute atomic E-state index is 10.4. The van der Waals surface area contributed by atoms with Gasteiger partial charge in [-0.25, -0.2) is 0 Å². The van der Waals surface area contributed by atoms with Gasteiger partial charge in [-0.1, -0.05) is 11.5 Å². The third-order valence-corrected chi connectivity index (χ3v) is 1.49. The van der Waals surface area contributed by atoms with Gasteiger partial charge in [-0.2, -0.15) is 0 Å². The van der Waals surface area contributed by atoms with Crippen molar-refractivity contribution in [1.82, 2.24) is 3.96 Å². The molecule has 0 amide bonds. The Kier molecular flexibility index (Phi) is 13.4. The Bertz CT molecular complexity index is 211. The van der Waals surface area contributed by atoms with Crippen molar-refractivity contribution >= 4 is 34.6 Å². The van der Waals surface area contributed by atoms with Crippen LogP contribution in [0.3, 0.4) is 0 Å². The zero-order valence-electron chi connectivity index (χ0n) is 5.38. The molecule has 10 heavy (non-hydrogen) atoms. The van der Waals surface area contributed by atoms with Gasteiger partial charge in [-0.05, 0) is 0 Å². The molecule has 0 aliphatic rings. The third kappa shape index (κ3) is 4.57. The average molecular weight is 210 g/mol. The van der Waals surface area contributed by atoms with Crippen molar-refractivity contribution in [3.63, 3.8) is 0 Å². The summed E-state index contributed by atoms with van der Waals surface area (Å²) in [5.74, 6) is 0. The number of halogens is 2. The van der Waals surface area contributed by atoms with Crippen LogP contribution in [-0.4, -0.2) is 27.0 Å². The molecule has 0 spiro atoms. The van der Waals surface area contributed by atoms with Crippen LogP contribution in [0.5, 0.6) is 0 Å². The first-order chi connectivity index (χ1) is 3.30. The van der Waals surface area contributed by atoms with Gasteiger partial charge in [0.15, 0.2) is 0 Å². The molecule has 0 N–H and O–H groups in total. The summed E-state index contributed by atoms with van der Waals surface area (Å²) >= 11 is 1.41. The molecule has 6 heteroatoms. The Morgan fingerprint density at radius 3 is 2.10 bits per heavy atom. The summed E-state index contributed by atoms with van der Waals surface area (Å²) in [5.41, 5.74) is 0.0741. The molecule has 0 saturated carbocycles. The van der Waals surface area contributed by atoms with E-state index < -0.39 is 0 Å². The Morgan fingerprint density at radius 2 is 2.00 bits per heavy atom. The van der Waals surface area contributed by atoms with Gasteiger partial charge in [-0.15, -0.1) is 0 Å². The number of nitrogens with zero attached hydrogens (tertiary/aromatic N) is 1. The second kappa shape index (κ2) is 7.88. The van der Waals surface area contributed by atoms with E-state index in [0.29, 0.717) is 0 Å². The first-order valence-electron chi connectivity index (χ1n) is 1.92. The van der Waals surface area contributed by atoms with E-state index in [2.05, 4.69) is 0 Å². The summed E-state index contributed by atoms with van der Waals surface area (Å²) in [6, 6.07) is 1.55. The molecule has 0 fully saturated rings. The number of hydrogen-bond donors (Lipinski definition) is 0. The van der Waals surface area contributed by atoms with Crippen LogP contribution in [-0.2, 0) is 7.05 Å². The SMILES string of the molecule is Cn1sccc1=O.[Cl-].[Cl-].[Mg+2]. The Labute approximate surface area is 91.7 Å². The van der Waals surface area contributed by atoms with E-state index in [4.69, 9.17) is 0 Å². The Hall–Kier alpha value is 0.776. The van der Waals surface area contributed by atoms with Crippen LogP contribution < -0.4 is 30.4 Å². The Balaban J connectivity index is -0.000000163. The van der Waals surface area contributed by atoms with E-state index >= 15 is 0 Å². The number of aryl methyl sites for hydroxylation is 1. The van der Waals surface area contributed by atoms with Crippen LogP contribution in [0.25, 0.3) is 0 Å². The summed E-state index contributed by atoms with van der Waals surface area (Å²) in [7, 11) is 1.74. The van der Waals surface area contributed by atoms with Crippen LogP contribution in [0.1, 0.15) is 0 Å². The van der Waals surface area contributed by atoms with Gasteiger partial charge in [0.1, 0.15) is 0 Å². The maximum atomic E-state index is 10.4. The van der Waals surface area contributed by atoms with Crippen LogP contribution in [0.2, 0.25) is 0 Å². The van der Waals surface area contributed by atoms with Gasteiger partial charge in [0, 0.05) is 18.5 Å². The Morgan fingerprint density at radius 1 is 1.50 bits per heavy atom. The van der Waals surface area contributed by atoms with Crippen molar-refractivity contribution in [3.8, 4) is 0 Å². The smallest absolute Gasteiger partial charge is 1.00 e. The second-order valence-corrected chi connectivity index (χ2v) is 2.27. The topological polar surface area (TPSA) is 22.0 Å². The fraction of sp³-hybridized carbons (Fsp3) is 0.250. The predicted octanol–water partition coefficient (Wildman–Crippen LogP) is -5.93. The van der Waals surface area contributed by atoms with Crippen LogP contribution >= 0.6 is 11.5 Å².